The number of methoxy groups -OCH3 is 1. The van der Waals surface area contributed by atoms with Crippen LogP contribution in [0.15, 0.2) is 54.1 Å². The van der Waals surface area contributed by atoms with Crippen molar-refractivity contribution in [3.05, 3.63) is 64.7 Å². The molecular weight excluding hydrogens is 388 g/mol. The van der Waals surface area contributed by atoms with Crippen LogP contribution in [-0.4, -0.2) is 42.1 Å². The number of nitrogens with one attached hydrogen (secondary N) is 1. The summed E-state index contributed by atoms with van der Waals surface area (Å²) >= 11 is 6.23. The summed E-state index contributed by atoms with van der Waals surface area (Å²) in [5.41, 5.74) is 2.11. The lowest BCUT2D eigenvalue weighted by Gasteiger charge is -2.27. The molecule has 0 saturated heterocycles. The number of benzene rings is 2. The molecule has 1 aromatic heterocycles. The number of nitrogens with zero attached hydrogens (tertiary/aromatic N) is 3. The lowest BCUT2D eigenvalue weighted by atomic mass is 10.1. The van der Waals surface area contributed by atoms with E-state index in [1.807, 2.05) is 30.3 Å². The summed E-state index contributed by atoms with van der Waals surface area (Å²) in [7, 11) is 1.60. The molecule has 1 aliphatic heterocycles. The Hall–Kier alpha value is -2.83. The molecule has 0 aliphatic carbocycles. The topological polar surface area (TPSA) is 70.5 Å². The highest BCUT2D eigenvalue weighted by Crippen LogP contribution is 2.30. The predicted octanol–water partition coefficient (Wildman–Crippen LogP) is 4.03. The molecule has 0 spiro atoms. The van der Waals surface area contributed by atoms with E-state index in [1.165, 1.54) is 0 Å². The van der Waals surface area contributed by atoms with Gasteiger partial charge in [0.25, 0.3) is 0 Å². The highest BCUT2D eigenvalue weighted by Gasteiger charge is 2.17. The van der Waals surface area contributed by atoms with Crippen LogP contribution in [0.25, 0.3) is 10.8 Å². The fourth-order valence-corrected chi connectivity index (χ4v) is 3.79. The molecule has 7 heteroatoms. The van der Waals surface area contributed by atoms with Gasteiger partial charge in [-0.2, -0.15) is 0 Å². The number of aliphatic hydroxyl groups excluding tert-OH is 1. The molecule has 29 heavy (non-hydrogen) atoms. The number of fused-ring (bicyclic) bond motifs is 1. The van der Waals surface area contributed by atoms with Crippen molar-refractivity contribution in [3.63, 3.8) is 0 Å². The van der Waals surface area contributed by atoms with E-state index >= 15 is 0 Å². The highest BCUT2D eigenvalue weighted by atomic mass is 35.5. The molecule has 0 radical (unpaired) electrons. The van der Waals surface area contributed by atoms with Crippen molar-refractivity contribution in [2.75, 3.05) is 37.0 Å². The Labute approximate surface area is 174 Å². The maximum atomic E-state index is 9.32. The summed E-state index contributed by atoms with van der Waals surface area (Å²) in [4.78, 5) is 2.20. The van der Waals surface area contributed by atoms with Gasteiger partial charge in [0.1, 0.15) is 5.75 Å². The molecule has 6 nitrogen and oxygen atoms in total. The minimum Gasteiger partial charge on any atom is -0.495 e. The summed E-state index contributed by atoms with van der Waals surface area (Å²) in [6.07, 6.45) is 2.91. The van der Waals surface area contributed by atoms with Crippen LogP contribution in [0.3, 0.4) is 0 Å². The van der Waals surface area contributed by atoms with Crippen molar-refractivity contribution < 1.29 is 9.84 Å². The fraction of sp³-hybridized carbons (Fsp3) is 0.273. The summed E-state index contributed by atoms with van der Waals surface area (Å²) in [5, 5.41) is 24.3. The monoisotopic (exact) mass is 410 g/mol. The minimum atomic E-state index is 0.124. The van der Waals surface area contributed by atoms with Gasteiger partial charge in [-0.25, -0.2) is 0 Å². The van der Waals surface area contributed by atoms with Crippen molar-refractivity contribution in [2.24, 2.45) is 0 Å². The van der Waals surface area contributed by atoms with Gasteiger partial charge in [0.2, 0.25) is 0 Å². The van der Waals surface area contributed by atoms with Gasteiger partial charge in [-0.3, -0.25) is 0 Å². The second kappa shape index (κ2) is 8.68. The molecule has 0 bridgehead atoms. The molecule has 0 saturated carbocycles. The molecule has 3 aromatic rings. The van der Waals surface area contributed by atoms with Crippen molar-refractivity contribution in [2.45, 2.75) is 13.0 Å². The zero-order chi connectivity index (χ0) is 20.2. The molecule has 150 valence electrons. The third-order valence-corrected chi connectivity index (χ3v) is 5.45. The number of ether oxygens (including phenoxy) is 1. The fourth-order valence-electron chi connectivity index (χ4n) is 3.51. The van der Waals surface area contributed by atoms with Gasteiger partial charge in [-0.05, 0) is 29.7 Å². The van der Waals surface area contributed by atoms with Crippen LogP contribution in [0.1, 0.15) is 12.0 Å². The van der Waals surface area contributed by atoms with Crippen LogP contribution in [0, 0.1) is 0 Å². The number of anilines is 2. The molecular formula is C22H23ClN4O2. The maximum absolute atomic E-state index is 9.32. The summed E-state index contributed by atoms with van der Waals surface area (Å²) < 4.78 is 5.21. The Bertz CT molecular complexity index is 1050. The van der Waals surface area contributed by atoms with Crippen LogP contribution >= 0.6 is 11.6 Å². The number of rotatable bonds is 6. The van der Waals surface area contributed by atoms with E-state index < -0.39 is 0 Å². The van der Waals surface area contributed by atoms with Crippen molar-refractivity contribution in [1.82, 2.24) is 10.2 Å². The van der Waals surface area contributed by atoms with Crippen LogP contribution in [0.4, 0.5) is 11.6 Å². The third kappa shape index (κ3) is 4.13. The van der Waals surface area contributed by atoms with Crippen molar-refractivity contribution in [1.29, 1.82) is 0 Å². The van der Waals surface area contributed by atoms with Gasteiger partial charge in [0, 0.05) is 30.4 Å². The van der Waals surface area contributed by atoms with Gasteiger partial charge in [-0.15, -0.1) is 10.2 Å². The van der Waals surface area contributed by atoms with E-state index in [0.29, 0.717) is 17.3 Å². The lowest BCUT2D eigenvalue weighted by molar-refractivity contribution is 0.325. The lowest BCUT2D eigenvalue weighted by Crippen LogP contribution is -2.30. The first-order chi connectivity index (χ1) is 14.2. The average molecular weight is 411 g/mol. The van der Waals surface area contributed by atoms with Gasteiger partial charge >= 0.3 is 0 Å². The van der Waals surface area contributed by atoms with E-state index in [2.05, 4.69) is 38.6 Å². The Morgan fingerprint density at radius 2 is 2.00 bits per heavy atom. The highest BCUT2D eigenvalue weighted by molar-refractivity contribution is 6.32. The first-order valence-electron chi connectivity index (χ1n) is 9.55. The molecule has 0 atom stereocenters. The molecule has 4 rings (SSSR count). The second-order valence-corrected chi connectivity index (χ2v) is 7.36. The molecule has 2 aromatic carbocycles. The van der Waals surface area contributed by atoms with E-state index in [0.717, 1.165) is 53.1 Å². The number of aliphatic hydroxyl groups is 1. The van der Waals surface area contributed by atoms with E-state index in [4.69, 9.17) is 16.3 Å². The number of hydrogen-bond acceptors (Lipinski definition) is 6. The van der Waals surface area contributed by atoms with Gasteiger partial charge in [-0.1, -0.05) is 48.0 Å². The maximum Gasteiger partial charge on any atom is 0.159 e. The van der Waals surface area contributed by atoms with E-state index in [-0.39, 0.29) is 6.61 Å². The molecule has 1 aliphatic rings. The van der Waals surface area contributed by atoms with Gasteiger partial charge in [0.05, 0.1) is 18.7 Å². The Morgan fingerprint density at radius 3 is 2.69 bits per heavy atom. The standard InChI is InChI=1S/C22H23ClN4O2/c1-29-20-7-6-16(12-19(20)23)13-24-21-17-4-2-3-5-18(17)22(26-25-21)27-10-8-15(14-28)9-11-27/h2-8,12,28H,9-11,13-14H2,1H3,(H,24,25). The number of halogens is 1. The van der Waals surface area contributed by atoms with E-state index in [9.17, 15) is 5.11 Å². The van der Waals surface area contributed by atoms with Gasteiger partial charge in [0.15, 0.2) is 11.6 Å². The zero-order valence-corrected chi connectivity index (χ0v) is 17.0. The quantitative estimate of drug-likeness (QED) is 0.598. The van der Waals surface area contributed by atoms with Crippen molar-refractivity contribution >= 4 is 34.0 Å². The van der Waals surface area contributed by atoms with Crippen LogP contribution in [0.2, 0.25) is 5.02 Å². The molecule has 0 unspecified atom stereocenters. The molecule has 2 N–H and O–H groups in total. The van der Waals surface area contributed by atoms with Gasteiger partial charge < -0.3 is 20.1 Å². The van der Waals surface area contributed by atoms with Crippen LogP contribution < -0.4 is 15.0 Å². The zero-order valence-electron chi connectivity index (χ0n) is 16.2. The predicted molar refractivity (Wildman–Crippen MR) is 117 cm³/mol. The van der Waals surface area contributed by atoms with Crippen molar-refractivity contribution in [3.8, 4) is 5.75 Å². The average Bonchev–Trinajstić information content (AvgIpc) is 2.77. The number of hydrogen-bond donors (Lipinski definition) is 2. The number of aromatic nitrogens is 2. The normalized spacial score (nSPS) is 14.0. The first-order valence-corrected chi connectivity index (χ1v) is 9.93. The summed E-state index contributed by atoms with van der Waals surface area (Å²) in [6.45, 7) is 2.25. The third-order valence-electron chi connectivity index (χ3n) is 5.15. The Kier molecular flexibility index (Phi) is 5.83. The van der Waals surface area contributed by atoms with Crippen LogP contribution in [0.5, 0.6) is 5.75 Å². The minimum absolute atomic E-state index is 0.124. The second-order valence-electron chi connectivity index (χ2n) is 6.96. The summed E-state index contributed by atoms with van der Waals surface area (Å²) in [6, 6.07) is 13.9. The SMILES string of the molecule is COc1ccc(CNc2nnc(N3CC=C(CO)CC3)c3ccccc23)cc1Cl. The first kappa shape index (κ1) is 19.5. The smallest absolute Gasteiger partial charge is 0.159 e. The summed E-state index contributed by atoms with van der Waals surface area (Å²) in [5.74, 6) is 2.26. The molecule has 2 heterocycles. The molecule has 0 amide bonds. The largest absolute Gasteiger partial charge is 0.495 e. The van der Waals surface area contributed by atoms with E-state index in [1.54, 1.807) is 7.11 Å². The Morgan fingerprint density at radius 1 is 1.17 bits per heavy atom. The van der Waals surface area contributed by atoms with Crippen LogP contribution in [-0.2, 0) is 6.54 Å². The Balaban J connectivity index is 1.58. The molecule has 0 fully saturated rings.